The van der Waals surface area contributed by atoms with Gasteiger partial charge in [-0.3, -0.25) is 19.3 Å². The third-order valence-electron chi connectivity index (χ3n) is 5.60. The van der Waals surface area contributed by atoms with Crippen molar-refractivity contribution in [2.45, 2.75) is 19.0 Å². The van der Waals surface area contributed by atoms with Crippen LogP contribution in [0, 0.1) is 23.7 Å². The molecule has 2 fully saturated rings. The monoisotopic (exact) mass is 378 g/mol. The van der Waals surface area contributed by atoms with Crippen LogP contribution in [0.4, 0.5) is 18.9 Å². The molecule has 1 heterocycles. The van der Waals surface area contributed by atoms with E-state index < -0.39 is 17.6 Å². The van der Waals surface area contributed by atoms with E-state index in [1.807, 2.05) is 12.2 Å². The molecule has 0 aromatic heterocycles. The van der Waals surface area contributed by atoms with E-state index in [0.717, 1.165) is 23.5 Å². The third-order valence-corrected chi connectivity index (χ3v) is 5.60. The van der Waals surface area contributed by atoms with E-state index in [9.17, 15) is 27.6 Å². The second-order valence-corrected chi connectivity index (χ2v) is 7.20. The lowest BCUT2D eigenvalue weighted by atomic mass is 9.85. The maximum atomic E-state index is 12.7. The molecular formula is C19H17F3N2O3. The van der Waals surface area contributed by atoms with Gasteiger partial charge in [0.15, 0.2) is 0 Å². The van der Waals surface area contributed by atoms with E-state index in [0.29, 0.717) is 0 Å². The molecule has 0 unspecified atom stereocenters. The largest absolute Gasteiger partial charge is 0.416 e. The van der Waals surface area contributed by atoms with Gasteiger partial charge in [0, 0.05) is 18.7 Å². The first kappa shape index (κ1) is 17.8. The Morgan fingerprint density at radius 2 is 1.74 bits per heavy atom. The zero-order valence-corrected chi connectivity index (χ0v) is 14.2. The second-order valence-electron chi connectivity index (χ2n) is 7.20. The molecule has 4 rings (SSSR count). The second kappa shape index (κ2) is 6.21. The minimum atomic E-state index is -4.50. The van der Waals surface area contributed by atoms with Crippen LogP contribution in [0.3, 0.4) is 0 Å². The quantitative estimate of drug-likeness (QED) is 0.647. The topological polar surface area (TPSA) is 66.5 Å². The van der Waals surface area contributed by atoms with E-state index in [-0.39, 0.29) is 54.1 Å². The van der Waals surface area contributed by atoms with Crippen molar-refractivity contribution in [1.29, 1.82) is 0 Å². The number of alkyl halides is 3. The van der Waals surface area contributed by atoms with Gasteiger partial charge in [-0.2, -0.15) is 13.2 Å². The summed E-state index contributed by atoms with van der Waals surface area (Å²) in [6.45, 7) is -0.0606. The van der Waals surface area contributed by atoms with E-state index in [4.69, 9.17) is 0 Å². The van der Waals surface area contributed by atoms with Crippen LogP contribution in [0.15, 0.2) is 36.4 Å². The lowest BCUT2D eigenvalue weighted by Crippen LogP contribution is -2.35. The Labute approximate surface area is 153 Å². The zero-order chi connectivity index (χ0) is 19.3. The molecule has 1 saturated heterocycles. The molecule has 1 aromatic rings. The number of allylic oxidation sites excluding steroid dienone is 2. The van der Waals surface area contributed by atoms with Crippen LogP contribution in [0.2, 0.25) is 0 Å². The summed E-state index contributed by atoms with van der Waals surface area (Å²) in [4.78, 5) is 38.3. The Morgan fingerprint density at radius 3 is 2.33 bits per heavy atom. The predicted octanol–water partition coefficient (Wildman–Crippen LogP) is 2.84. The third kappa shape index (κ3) is 3.02. The molecule has 4 atom stereocenters. The molecule has 1 aliphatic heterocycles. The van der Waals surface area contributed by atoms with Gasteiger partial charge < -0.3 is 5.32 Å². The Balaban J connectivity index is 1.37. The van der Waals surface area contributed by atoms with Crippen molar-refractivity contribution in [3.05, 3.63) is 42.0 Å². The van der Waals surface area contributed by atoms with Crippen LogP contribution >= 0.6 is 0 Å². The van der Waals surface area contributed by atoms with Gasteiger partial charge in [0.1, 0.15) is 0 Å². The van der Waals surface area contributed by atoms with Gasteiger partial charge in [-0.1, -0.05) is 18.2 Å². The smallest absolute Gasteiger partial charge is 0.326 e. The number of anilines is 1. The number of carbonyl (C=O) groups excluding carboxylic acids is 3. The summed E-state index contributed by atoms with van der Waals surface area (Å²) >= 11 is 0. The number of hydrogen-bond acceptors (Lipinski definition) is 3. The SMILES string of the molecule is O=C(CCN1C(=O)[C@@H]2[C@@H](C1=O)[C@H]1C=C[C@H]2C1)Nc1cccc(C(F)(F)F)c1. The highest BCUT2D eigenvalue weighted by molar-refractivity contribution is 6.06. The molecular weight excluding hydrogens is 361 g/mol. The number of hydrogen-bond donors (Lipinski definition) is 1. The lowest BCUT2D eigenvalue weighted by Gasteiger charge is -2.17. The maximum Gasteiger partial charge on any atom is 0.416 e. The van der Waals surface area contributed by atoms with Crippen molar-refractivity contribution in [3.8, 4) is 0 Å². The number of nitrogens with zero attached hydrogens (tertiary/aromatic N) is 1. The van der Waals surface area contributed by atoms with Crippen LogP contribution in [-0.4, -0.2) is 29.2 Å². The van der Waals surface area contributed by atoms with Gasteiger partial charge >= 0.3 is 6.18 Å². The molecule has 8 heteroatoms. The summed E-state index contributed by atoms with van der Waals surface area (Å²) in [5.41, 5.74) is -0.839. The van der Waals surface area contributed by atoms with Crippen molar-refractivity contribution >= 4 is 23.4 Å². The number of halogens is 3. The molecule has 2 bridgehead atoms. The summed E-state index contributed by atoms with van der Waals surface area (Å²) in [6, 6.07) is 4.32. The number of rotatable bonds is 4. The minimum Gasteiger partial charge on any atom is -0.326 e. The molecule has 27 heavy (non-hydrogen) atoms. The van der Waals surface area contributed by atoms with E-state index in [1.54, 1.807) is 0 Å². The van der Waals surface area contributed by atoms with E-state index in [1.165, 1.54) is 12.1 Å². The zero-order valence-electron chi connectivity index (χ0n) is 14.2. The average molecular weight is 378 g/mol. The molecule has 1 aromatic carbocycles. The molecule has 5 nitrogen and oxygen atoms in total. The van der Waals surface area contributed by atoms with Gasteiger partial charge in [-0.05, 0) is 36.5 Å². The highest BCUT2D eigenvalue weighted by atomic mass is 19.4. The fraction of sp³-hybridized carbons (Fsp3) is 0.421. The Bertz CT molecular complexity index is 819. The lowest BCUT2D eigenvalue weighted by molar-refractivity contribution is -0.141. The van der Waals surface area contributed by atoms with Crippen molar-refractivity contribution in [2.75, 3.05) is 11.9 Å². The van der Waals surface area contributed by atoms with Crippen molar-refractivity contribution < 1.29 is 27.6 Å². The Kier molecular flexibility index (Phi) is 4.09. The molecule has 142 valence electrons. The number of likely N-dealkylation sites (tertiary alicyclic amines) is 1. The maximum absolute atomic E-state index is 12.7. The van der Waals surface area contributed by atoms with Gasteiger partial charge in [0.05, 0.1) is 17.4 Å². The number of fused-ring (bicyclic) bond motifs is 5. The summed E-state index contributed by atoms with van der Waals surface area (Å²) in [5.74, 6) is -1.48. The van der Waals surface area contributed by atoms with Crippen molar-refractivity contribution in [2.24, 2.45) is 23.7 Å². The fourth-order valence-corrected chi connectivity index (χ4v) is 4.39. The van der Waals surface area contributed by atoms with E-state index >= 15 is 0 Å². The van der Waals surface area contributed by atoms with Gasteiger partial charge in [0.2, 0.25) is 17.7 Å². The summed E-state index contributed by atoms with van der Waals surface area (Å²) < 4.78 is 38.2. The highest BCUT2D eigenvalue weighted by Crippen LogP contribution is 2.52. The summed E-state index contributed by atoms with van der Waals surface area (Å²) in [5, 5.41) is 2.39. The van der Waals surface area contributed by atoms with Gasteiger partial charge in [-0.25, -0.2) is 0 Å². The minimum absolute atomic E-state index is 0.0213. The Hall–Kier alpha value is -2.64. The molecule has 3 aliphatic rings. The molecule has 1 saturated carbocycles. The first-order valence-corrected chi connectivity index (χ1v) is 8.76. The first-order chi connectivity index (χ1) is 12.8. The van der Waals surface area contributed by atoms with Crippen LogP contribution < -0.4 is 5.32 Å². The fourth-order valence-electron chi connectivity index (χ4n) is 4.39. The van der Waals surface area contributed by atoms with Crippen molar-refractivity contribution in [1.82, 2.24) is 4.90 Å². The van der Waals surface area contributed by atoms with Gasteiger partial charge in [0.25, 0.3) is 0 Å². The predicted molar refractivity (Wildman–Crippen MR) is 89.1 cm³/mol. The Morgan fingerprint density at radius 1 is 1.11 bits per heavy atom. The highest BCUT2D eigenvalue weighted by Gasteiger charge is 2.59. The van der Waals surface area contributed by atoms with Crippen molar-refractivity contribution in [3.63, 3.8) is 0 Å². The number of amides is 3. The number of carbonyl (C=O) groups is 3. The number of benzene rings is 1. The van der Waals surface area contributed by atoms with Crippen LogP contribution in [0.25, 0.3) is 0 Å². The van der Waals surface area contributed by atoms with Gasteiger partial charge in [-0.15, -0.1) is 0 Å². The number of nitrogens with one attached hydrogen (secondary N) is 1. The number of imide groups is 1. The average Bonchev–Trinajstić information content (AvgIpc) is 3.27. The molecule has 1 N–H and O–H groups in total. The molecule has 0 radical (unpaired) electrons. The first-order valence-electron chi connectivity index (χ1n) is 8.76. The van der Waals surface area contributed by atoms with Crippen LogP contribution in [0.5, 0.6) is 0 Å². The van der Waals surface area contributed by atoms with Crippen LogP contribution in [0.1, 0.15) is 18.4 Å². The standard InChI is InChI=1S/C19H17F3N2O3/c20-19(21,22)12-2-1-3-13(9-12)23-14(25)6-7-24-17(26)15-10-4-5-11(8-10)16(15)18(24)27/h1-5,9-11,15-16H,6-8H2,(H,23,25)/t10-,11-,15-,16-/m0/s1. The summed E-state index contributed by atoms with van der Waals surface area (Å²) in [6.07, 6.45) is 0.147. The van der Waals surface area contributed by atoms with Crippen LogP contribution in [-0.2, 0) is 20.6 Å². The molecule has 2 aliphatic carbocycles. The molecule has 0 spiro atoms. The summed E-state index contributed by atoms with van der Waals surface area (Å²) in [7, 11) is 0. The van der Waals surface area contributed by atoms with E-state index in [2.05, 4.69) is 5.32 Å². The normalized spacial score (nSPS) is 28.8. The molecule has 3 amide bonds.